The van der Waals surface area contributed by atoms with Gasteiger partial charge in [-0.2, -0.15) is 12.1 Å². The molecule has 1 amide bonds. The topological polar surface area (TPSA) is 143 Å². The molecule has 5 aromatic rings. The van der Waals surface area contributed by atoms with E-state index >= 15 is 0 Å². The molecule has 52 heavy (non-hydrogen) atoms. The number of rotatable bonds is 4. The number of hydrogen-bond donors (Lipinski definition) is 0. The Morgan fingerprint density at radius 2 is 1.83 bits per heavy atom. The van der Waals surface area contributed by atoms with E-state index in [-0.39, 0.29) is 67.8 Å². The van der Waals surface area contributed by atoms with E-state index in [1.165, 1.54) is 30.4 Å². The molecule has 4 aromatic carbocycles. The van der Waals surface area contributed by atoms with Gasteiger partial charge in [-0.25, -0.2) is 13.2 Å². The van der Waals surface area contributed by atoms with Crippen LogP contribution in [0.3, 0.4) is 0 Å². The molecule has 1 aromatic heterocycles. The van der Waals surface area contributed by atoms with Crippen LogP contribution in [0.2, 0.25) is 0 Å². The number of benzene rings is 4. The van der Waals surface area contributed by atoms with Crippen molar-refractivity contribution in [1.82, 2.24) is 9.88 Å². The van der Waals surface area contributed by atoms with E-state index in [1.807, 2.05) is 41.3 Å². The van der Waals surface area contributed by atoms with Gasteiger partial charge >= 0.3 is 6.09 Å². The Morgan fingerprint density at radius 1 is 1.08 bits per heavy atom. The van der Waals surface area contributed by atoms with Gasteiger partial charge in [0.25, 0.3) is 5.69 Å². The Hall–Kier alpha value is -4.83. The number of hydrogen-bond acceptors (Lipinski definition) is 8. The van der Waals surface area contributed by atoms with Gasteiger partial charge in [-0.3, -0.25) is 15.1 Å². The Morgan fingerprint density at radius 3 is 2.58 bits per heavy atom. The summed E-state index contributed by atoms with van der Waals surface area (Å²) in [6, 6.07) is 24.9. The van der Waals surface area contributed by atoms with Crippen molar-refractivity contribution in [3.05, 3.63) is 137 Å². The molecule has 272 valence electrons. The quantitative estimate of drug-likeness (QED) is 0.0446. The number of piperidine rings is 1. The fraction of sp³-hybridized carbons (Fsp3) is 0.256. The molecule has 1 spiro atoms. The monoisotopic (exact) mass is 809 g/mol. The van der Waals surface area contributed by atoms with Crippen molar-refractivity contribution < 1.29 is 48.0 Å². The number of non-ortho nitro benzene ring substituents is 1. The van der Waals surface area contributed by atoms with Crippen molar-refractivity contribution in [2.45, 2.75) is 42.2 Å². The molecule has 0 saturated carbocycles. The number of fused-ring (bicyclic) bond motifs is 3. The van der Waals surface area contributed by atoms with Gasteiger partial charge in [-0.05, 0) is 41.8 Å². The zero-order chi connectivity index (χ0) is 34.8. The minimum absolute atomic E-state index is 0. The summed E-state index contributed by atoms with van der Waals surface area (Å²) >= 11 is 0. The van der Waals surface area contributed by atoms with Gasteiger partial charge in [0.05, 0.1) is 22.4 Å². The summed E-state index contributed by atoms with van der Waals surface area (Å²) in [5, 5.41) is 13.1. The van der Waals surface area contributed by atoms with Gasteiger partial charge in [0.1, 0.15) is 16.1 Å². The Bertz CT molecular complexity index is 2340. The molecule has 5 atom stereocenters. The van der Waals surface area contributed by atoms with E-state index in [0.29, 0.717) is 22.7 Å². The van der Waals surface area contributed by atoms with Crippen LogP contribution in [0.1, 0.15) is 24.5 Å². The third-order valence-electron chi connectivity index (χ3n) is 10.5. The van der Waals surface area contributed by atoms with Crippen LogP contribution in [0.4, 0.5) is 16.2 Å². The summed E-state index contributed by atoms with van der Waals surface area (Å²) in [7, 11) is -2.57. The number of methoxy groups -OCH3 is 1. The summed E-state index contributed by atoms with van der Waals surface area (Å²) < 4.78 is 40.8. The number of amides is 1. The fourth-order valence-electron chi connectivity index (χ4n) is 8.44. The fourth-order valence-corrected chi connectivity index (χ4v) is 9.43. The standard InChI is InChI=1S/C19H12N3O4S.C19H20NO3.CH3.Pd/c23-22(24)15-8-10-16(11-9-15)27(25,26)21-17-5-1-3-13-6-7-14-4-2-12-20-19(14)18(13)17;1-11-6-7-13-14-10-12-4-3-5-15-16(12)19(13,17(11)23-15)8-9-20(14)18(21)22-2;;/h1-12H;3-4,6-7,11,13-14,17H,8-10H2,1-2H3;1H3;/q3*-1;/t;11-,13-,14?,17-,19-;;/m.0../s1. The molecule has 13 heteroatoms. The summed E-state index contributed by atoms with van der Waals surface area (Å²) in [5.41, 5.74) is 3.44. The van der Waals surface area contributed by atoms with Crippen molar-refractivity contribution in [2.75, 3.05) is 13.7 Å². The maximum atomic E-state index is 12.7. The second kappa shape index (κ2) is 14.0. The SMILES string of the molecule is COC(=O)N1CC[C@@]23c4c5[c-]ccc4CC1[C@@H]2C=C[C@H](C)[C@@H]3O5.O=[N+]([O-])c1ccc(S(=O)(=O)[N-]c2cccc3ccc4cccnc4c23)cc1.[CH3-].[Pd]. The van der Waals surface area contributed by atoms with Crippen LogP contribution in [0, 0.1) is 35.4 Å². The van der Waals surface area contributed by atoms with Crippen LogP contribution >= 0.6 is 0 Å². The third kappa shape index (κ3) is 5.81. The Labute approximate surface area is 315 Å². The van der Waals surface area contributed by atoms with E-state index in [4.69, 9.17) is 9.47 Å². The number of carbonyl (C=O) groups is 1. The van der Waals surface area contributed by atoms with Crippen LogP contribution in [0.25, 0.3) is 26.4 Å². The zero-order valence-corrected chi connectivity index (χ0v) is 30.9. The van der Waals surface area contributed by atoms with E-state index in [2.05, 4.69) is 40.9 Å². The average molecular weight is 810 g/mol. The van der Waals surface area contributed by atoms with Gasteiger partial charge in [0.15, 0.2) is 0 Å². The molecule has 2 bridgehead atoms. The van der Waals surface area contributed by atoms with Crippen LogP contribution in [0.5, 0.6) is 5.75 Å². The van der Waals surface area contributed by atoms with E-state index in [0.717, 1.165) is 48.0 Å². The van der Waals surface area contributed by atoms with E-state index < -0.39 is 14.9 Å². The minimum atomic E-state index is -4.04. The maximum Gasteiger partial charge on any atom is 0.409 e. The molecule has 2 aliphatic carbocycles. The Balaban J connectivity index is 0.000000174. The molecule has 4 aliphatic rings. The van der Waals surface area contributed by atoms with Crippen LogP contribution < -0.4 is 4.74 Å². The van der Waals surface area contributed by atoms with E-state index in [1.54, 1.807) is 18.3 Å². The summed E-state index contributed by atoms with van der Waals surface area (Å²) in [6.45, 7) is 2.97. The summed E-state index contributed by atoms with van der Waals surface area (Å²) in [6.07, 6.45) is 7.98. The minimum Gasteiger partial charge on any atom is -0.572 e. The van der Waals surface area contributed by atoms with E-state index in [9.17, 15) is 23.3 Å². The summed E-state index contributed by atoms with van der Waals surface area (Å²) in [5.74, 6) is 1.63. The number of nitro groups is 1. The normalized spacial score (nSPS) is 23.2. The molecule has 1 fully saturated rings. The predicted octanol–water partition coefficient (Wildman–Crippen LogP) is 7.84. The number of pyridine rings is 1. The van der Waals surface area contributed by atoms with Gasteiger partial charge in [0, 0.05) is 79.7 Å². The molecule has 0 radical (unpaired) electrons. The number of sulfonamides is 1. The maximum absolute atomic E-state index is 12.7. The molecular formula is C39H35N4O7PdS-3. The van der Waals surface area contributed by atoms with Gasteiger partial charge in [-0.15, -0.1) is 22.9 Å². The van der Waals surface area contributed by atoms with Crippen molar-refractivity contribution in [3.63, 3.8) is 0 Å². The van der Waals surface area contributed by atoms with Crippen molar-refractivity contribution >= 4 is 49.2 Å². The van der Waals surface area contributed by atoms with Crippen LogP contribution in [-0.4, -0.2) is 55.1 Å². The first kappa shape index (κ1) is 36.9. The van der Waals surface area contributed by atoms with Crippen molar-refractivity contribution in [1.29, 1.82) is 0 Å². The molecule has 11 nitrogen and oxygen atoms in total. The first-order valence-corrected chi connectivity index (χ1v) is 17.8. The third-order valence-corrected chi connectivity index (χ3v) is 11.8. The van der Waals surface area contributed by atoms with Gasteiger partial charge < -0.3 is 26.5 Å². The first-order chi connectivity index (χ1) is 24.1. The van der Waals surface area contributed by atoms with Gasteiger partial charge in [0.2, 0.25) is 0 Å². The molecule has 1 saturated heterocycles. The van der Waals surface area contributed by atoms with Crippen LogP contribution in [0.15, 0.2) is 102 Å². The number of aromatic nitrogens is 1. The number of likely N-dealkylation sites (tertiary alicyclic amines) is 1. The number of ether oxygens (including phenoxy) is 2. The number of carbonyl (C=O) groups excluding carboxylic acids is 1. The number of nitrogens with zero attached hydrogens (tertiary/aromatic N) is 4. The predicted molar refractivity (Wildman–Crippen MR) is 193 cm³/mol. The second-order valence-electron chi connectivity index (χ2n) is 13.1. The first-order valence-electron chi connectivity index (χ1n) is 16.3. The smallest absolute Gasteiger partial charge is 0.409 e. The Kier molecular flexibility index (Phi) is 9.91. The second-order valence-corrected chi connectivity index (χ2v) is 14.7. The molecule has 3 heterocycles. The largest absolute Gasteiger partial charge is 0.572 e. The zero-order valence-electron chi connectivity index (χ0n) is 28.5. The molecule has 9 rings (SSSR count). The molecule has 1 unspecified atom stereocenters. The molecular weight excluding hydrogens is 775 g/mol. The van der Waals surface area contributed by atoms with Crippen LogP contribution in [-0.2, 0) is 47.0 Å². The summed E-state index contributed by atoms with van der Waals surface area (Å²) in [4.78, 5) is 28.6. The van der Waals surface area contributed by atoms with Crippen molar-refractivity contribution in [2.24, 2.45) is 11.8 Å². The average Bonchev–Trinajstić information content (AvgIpc) is 3.47. The number of nitro benzene ring substituents is 1. The van der Waals surface area contributed by atoms with Gasteiger partial charge in [-0.1, -0.05) is 55.5 Å². The molecule has 0 N–H and O–H groups in total. The molecule has 2 aliphatic heterocycles. The van der Waals surface area contributed by atoms with Crippen molar-refractivity contribution in [3.8, 4) is 5.75 Å².